The molecule has 0 radical (unpaired) electrons. The average molecular weight is 359 g/mol. The van der Waals surface area contributed by atoms with Crippen LogP contribution in [0.5, 0.6) is 0 Å². The van der Waals surface area contributed by atoms with Crippen molar-refractivity contribution in [1.29, 1.82) is 0 Å². The third-order valence-corrected chi connectivity index (χ3v) is 11.7. The summed E-state index contributed by atoms with van der Waals surface area (Å²) in [6.45, 7) is 0. The maximum absolute atomic E-state index is 13.9. The van der Waals surface area contributed by atoms with Crippen LogP contribution in [0.2, 0.25) is 0 Å². The van der Waals surface area contributed by atoms with E-state index in [0.29, 0.717) is 11.3 Å². The Balaban J connectivity index is 2.06. The molecule has 0 N–H and O–H groups in total. The lowest BCUT2D eigenvalue weighted by Crippen LogP contribution is -2.34. The zero-order valence-corrected chi connectivity index (χ0v) is 15.3. The van der Waals surface area contributed by atoms with Gasteiger partial charge in [0.2, 0.25) is 0 Å². The van der Waals surface area contributed by atoms with Gasteiger partial charge in [-0.25, -0.2) is 8.78 Å². The van der Waals surface area contributed by atoms with E-state index in [-0.39, 0.29) is 0 Å². The van der Waals surface area contributed by atoms with Crippen molar-refractivity contribution in [2.45, 2.75) is 75.5 Å². The summed E-state index contributed by atoms with van der Waals surface area (Å²) in [5.74, 6) is -0.927. The molecule has 0 saturated heterocycles. The van der Waals surface area contributed by atoms with E-state index in [2.05, 4.69) is 0 Å². The number of halogens is 3. The van der Waals surface area contributed by atoms with Gasteiger partial charge in [0.1, 0.15) is 11.6 Å². The Morgan fingerprint density at radius 1 is 0.783 bits per heavy atom. The van der Waals surface area contributed by atoms with E-state index >= 15 is 0 Å². The standard InChI is InChI=1S/C19H26ClF2P/c20-14-23(17-7-3-1-4-8-17,18-9-5-2-6-10-18)19-12-15(21)11-16(22)13-19/h11-14,17-18H,1-10H2. The monoisotopic (exact) mass is 358 g/mol. The van der Waals surface area contributed by atoms with Crippen LogP contribution in [0.1, 0.15) is 64.2 Å². The fourth-order valence-electron chi connectivity index (χ4n) is 4.71. The van der Waals surface area contributed by atoms with Crippen LogP contribution >= 0.6 is 18.9 Å². The highest BCUT2D eigenvalue weighted by molar-refractivity contribution is 7.87. The summed E-state index contributed by atoms with van der Waals surface area (Å²) in [6.07, 6.45) is 12.1. The van der Waals surface area contributed by atoms with Crippen molar-refractivity contribution in [3.05, 3.63) is 35.5 Å². The second kappa shape index (κ2) is 7.79. The minimum Gasteiger partial charge on any atom is -0.304 e. The molecular weight excluding hydrogens is 333 g/mol. The molecule has 0 bridgehead atoms. The smallest absolute Gasteiger partial charge is 0.129 e. The van der Waals surface area contributed by atoms with E-state index in [1.807, 2.05) is 5.62 Å². The molecule has 23 heavy (non-hydrogen) atoms. The molecule has 0 nitrogen and oxygen atoms in total. The van der Waals surface area contributed by atoms with Gasteiger partial charge >= 0.3 is 0 Å². The Morgan fingerprint density at radius 2 is 1.22 bits per heavy atom. The van der Waals surface area contributed by atoms with Gasteiger partial charge in [0.05, 0.1) is 5.30 Å². The quantitative estimate of drug-likeness (QED) is 0.418. The minimum atomic E-state index is -1.87. The zero-order chi connectivity index (χ0) is 16.3. The van der Waals surface area contributed by atoms with E-state index in [1.54, 1.807) is 12.1 Å². The predicted octanol–water partition coefficient (Wildman–Crippen LogP) is 6.63. The van der Waals surface area contributed by atoms with Crippen LogP contribution in [0.15, 0.2) is 18.2 Å². The normalized spacial score (nSPS) is 21.5. The molecule has 0 spiro atoms. The van der Waals surface area contributed by atoms with Gasteiger partial charge in [-0.15, -0.1) is 0 Å². The first-order chi connectivity index (χ1) is 11.2. The van der Waals surface area contributed by atoms with Crippen LogP contribution in [0, 0.1) is 17.3 Å². The third-order valence-electron chi connectivity index (χ3n) is 5.81. The maximum atomic E-state index is 13.9. The van der Waals surface area contributed by atoms with Crippen LogP contribution in [0.25, 0.3) is 0 Å². The topological polar surface area (TPSA) is 0 Å². The van der Waals surface area contributed by atoms with E-state index < -0.39 is 18.9 Å². The lowest BCUT2D eigenvalue weighted by Gasteiger charge is -2.48. The molecule has 1 aromatic rings. The molecule has 128 valence electrons. The van der Waals surface area contributed by atoms with Gasteiger partial charge in [-0.2, -0.15) is 0 Å². The maximum Gasteiger partial charge on any atom is 0.129 e. The summed E-state index contributed by atoms with van der Waals surface area (Å²) in [4.78, 5) is 0. The van der Waals surface area contributed by atoms with Crippen LogP contribution in [-0.4, -0.2) is 11.3 Å². The Kier molecular flexibility index (Phi) is 5.97. The summed E-state index contributed by atoms with van der Waals surface area (Å²) >= 11 is 6.51. The van der Waals surface area contributed by atoms with E-state index in [1.165, 1.54) is 38.5 Å². The Morgan fingerprint density at radius 3 is 1.61 bits per heavy atom. The van der Waals surface area contributed by atoms with Crippen LogP contribution in [-0.2, 0) is 0 Å². The molecule has 0 aromatic heterocycles. The molecule has 0 unspecified atom stereocenters. The Hall–Kier alpha value is -0.200. The van der Waals surface area contributed by atoms with Crippen LogP contribution in [0.3, 0.4) is 0 Å². The van der Waals surface area contributed by atoms with Gasteiger partial charge in [0.15, 0.2) is 0 Å². The molecule has 4 heteroatoms. The van der Waals surface area contributed by atoms with Crippen LogP contribution < -0.4 is 5.30 Å². The van der Waals surface area contributed by atoms with E-state index in [4.69, 9.17) is 11.6 Å². The molecular formula is C19H26ClF2P. The van der Waals surface area contributed by atoms with Crippen LogP contribution in [0.4, 0.5) is 8.78 Å². The molecule has 0 amide bonds. The highest BCUT2D eigenvalue weighted by Gasteiger charge is 2.47. The van der Waals surface area contributed by atoms with Gasteiger partial charge < -0.3 is 11.6 Å². The van der Waals surface area contributed by atoms with E-state index in [9.17, 15) is 8.78 Å². The third kappa shape index (κ3) is 3.59. The summed E-state index contributed by atoms with van der Waals surface area (Å²) in [5.41, 5.74) is 2.91. The first-order valence-electron chi connectivity index (χ1n) is 8.96. The van der Waals surface area contributed by atoms with Gasteiger partial charge in [0, 0.05) is 29.5 Å². The Bertz CT molecular complexity index is 484. The fourth-order valence-corrected chi connectivity index (χ4v) is 11.0. The van der Waals surface area contributed by atoms with Gasteiger partial charge in [-0.05, 0) is 51.4 Å². The lowest BCUT2D eigenvalue weighted by molar-refractivity contribution is 0.482. The van der Waals surface area contributed by atoms with Crippen molar-refractivity contribution >= 4 is 24.2 Å². The van der Waals surface area contributed by atoms with Gasteiger partial charge in [-0.1, -0.05) is 25.7 Å². The Labute approximate surface area is 144 Å². The largest absolute Gasteiger partial charge is 0.304 e. The van der Waals surface area contributed by atoms with Crippen molar-refractivity contribution in [2.75, 3.05) is 0 Å². The first-order valence-corrected chi connectivity index (χ1v) is 11.4. The van der Waals surface area contributed by atoms with Gasteiger partial charge in [-0.3, -0.25) is 0 Å². The van der Waals surface area contributed by atoms with Crippen molar-refractivity contribution in [1.82, 2.24) is 0 Å². The summed E-state index contributed by atoms with van der Waals surface area (Å²) in [6, 6.07) is 4.12. The first kappa shape index (κ1) is 17.6. The summed E-state index contributed by atoms with van der Waals surface area (Å²) in [7, 11) is -1.87. The number of hydrogen-bond acceptors (Lipinski definition) is 0. The molecule has 3 rings (SSSR count). The van der Waals surface area contributed by atoms with E-state index in [0.717, 1.165) is 37.1 Å². The summed E-state index contributed by atoms with van der Waals surface area (Å²) < 4.78 is 27.9. The minimum absolute atomic E-state index is 0.463. The second-order valence-electron chi connectivity index (χ2n) is 7.14. The zero-order valence-electron chi connectivity index (χ0n) is 13.6. The molecule has 0 atom stereocenters. The highest BCUT2D eigenvalue weighted by atomic mass is 35.5. The molecule has 0 heterocycles. The number of hydrogen-bond donors (Lipinski definition) is 0. The van der Waals surface area contributed by atoms with Crippen molar-refractivity contribution in [3.63, 3.8) is 0 Å². The lowest BCUT2D eigenvalue weighted by atomic mass is 9.99. The van der Waals surface area contributed by atoms with Crippen molar-refractivity contribution in [2.24, 2.45) is 0 Å². The fraction of sp³-hybridized carbons (Fsp3) is 0.632. The molecule has 0 aliphatic heterocycles. The predicted molar refractivity (Wildman–Crippen MR) is 96.8 cm³/mol. The molecule has 2 aliphatic carbocycles. The molecule has 1 aromatic carbocycles. The number of rotatable bonds is 4. The SMILES string of the molecule is Fc1cc(F)cc([P+]([CH-]Cl)(C2CCCCC2)C2CCCCC2)c1. The molecule has 2 aliphatic rings. The highest BCUT2D eigenvalue weighted by Crippen LogP contribution is 2.74. The molecule has 2 fully saturated rings. The second-order valence-corrected chi connectivity index (χ2v) is 11.6. The molecule has 2 saturated carbocycles. The number of benzene rings is 1. The summed E-state index contributed by atoms with van der Waals surface area (Å²) in [5, 5.41) is 0.865. The average Bonchev–Trinajstić information content (AvgIpc) is 2.57. The van der Waals surface area contributed by atoms with Crippen molar-refractivity contribution < 1.29 is 8.78 Å². The van der Waals surface area contributed by atoms with Crippen molar-refractivity contribution in [3.8, 4) is 0 Å². The van der Waals surface area contributed by atoms with Gasteiger partial charge in [0.25, 0.3) is 0 Å².